The summed E-state index contributed by atoms with van der Waals surface area (Å²) >= 11 is 0. The molecule has 0 aliphatic carbocycles. The molecule has 128 valence electrons. The van der Waals surface area contributed by atoms with Crippen molar-refractivity contribution in [3.8, 4) is 11.5 Å². The molecule has 0 radical (unpaired) electrons. The lowest BCUT2D eigenvalue weighted by Crippen LogP contribution is -2.17. The van der Waals surface area contributed by atoms with E-state index in [0.29, 0.717) is 22.6 Å². The van der Waals surface area contributed by atoms with Crippen molar-refractivity contribution in [2.75, 3.05) is 14.2 Å². The molecule has 0 saturated carbocycles. The Morgan fingerprint density at radius 2 is 1.92 bits per heavy atom. The van der Waals surface area contributed by atoms with E-state index < -0.39 is 5.91 Å². The standard InChI is InChI=1S/C19H18N2O4/c1-12-14-8-4-5-9-15(14)25-17(12)19(22)21-20-11-13-7-6-10-16(23-2)18(13)24-3/h4-11H,1-3H3,(H,21,22)/b20-11-. The van der Waals surface area contributed by atoms with Gasteiger partial charge in [0.15, 0.2) is 17.3 Å². The molecule has 1 heterocycles. The third-order valence-corrected chi connectivity index (χ3v) is 3.85. The summed E-state index contributed by atoms with van der Waals surface area (Å²) in [4.78, 5) is 12.3. The van der Waals surface area contributed by atoms with Crippen molar-refractivity contribution in [1.82, 2.24) is 5.43 Å². The van der Waals surface area contributed by atoms with Crippen molar-refractivity contribution in [2.24, 2.45) is 5.10 Å². The highest BCUT2D eigenvalue weighted by atomic mass is 16.5. The fraction of sp³-hybridized carbons (Fsp3) is 0.158. The molecule has 6 heteroatoms. The first-order valence-electron chi connectivity index (χ1n) is 7.68. The second-order valence-electron chi connectivity index (χ2n) is 5.33. The molecular weight excluding hydrogens is 320 g/mol. The van der Waals surface area contributed by atoms with E-state index >= 15 is 0 Å². The first-order chi connectivity index (χ1) is 12.2. The second-order valence-corrected chi connectivity index (χ2v) is 5.33. The molecule has 0 bridgehead atoms. The zero-order valence-electron chi connectivity index (χ0n) is 14.2. The van der Waals surface area contributed by atoms with Crippen LogP contribution in [0.2, 0.25) is 0 Å². The summed E-state index contributed by atoms with van der Waals surface area (Å²) in [6, 6.07) is 12.9. The van der Waals surface area contributed by atoms with Gasteiger partial charge in [0, 0.05) is 16.5 Å². The van der Waals surface area contributed by atoms with E-state index in [2.05, 4.69) is 10.5 Å². The van der Waals surface area contributed by atoms with E-state index in [9.17, 15) is 4.79 Å². The minimum absolute atomic E-state index is 0.246. The first kappa shape index (κ1) is 16.6. The molecule has 1 N–H and O–H groups in total. The molecule has 0 spiro atoms. The Balaban J connectivity index is 1.80. The summed E-state index contributed by atoms with van der Waals surface area (Å²) in [6.45, 7) is 1.84. The minimum atomic E-state index is -0.410. The van der Waals surface area contributed by atoms with Gasteiger partial charge >= 0.3 is 5.91 Å². The van der Waals surface area contributed by atoms with E-state index in [0.717, 1.165) is 10.9 Å². The van der Waals surface area contributed by atoms with Crippen LogP contribution in [0.5, 0.6) is 11.5 Å². The van der Waals surface area contributed by atoms with E-state index in [1.807, 2.05) is 43.3 Å². The second kappa shape index (κ2) is 7.09. The maximum Gasteiger partial charge on any atom is 0.307 e. The molecule has 0 fully saturated rings. The average Bonchev–Trinajstić information content (AvgIpc) is 2.98. The number of nitrogens with one attached hydrogen (secondary N) is 1. The summed E-state index contributed by atoms with van der Waals surface area (Å²) < 4.78 is 16.2. The van der Waals surface area contributed by atoms with Crippen molar-refractivity contribution in [3.05, 3.63) is 59.4 Å². The van der Waals surface area contributed by atoms with Gasteiger partial charge in [-0.25, -0.2) is 5.43 Å². The summed E-state index contributed by atoms with van der Waals surface area (Å²) in [5, 5.41) is 4.90. The molecule has 3 aromatic rings. The van der Waals surface area contributed by atoms with Crippen LogP contribution >= 0.6 is 0 Å². The fourth-order valence-electron chi connectivity index (χ4n) is 2.62. The molecule has 3 rings (SSSR count). The van der Waals surface area contributed by atoms with Crippen LogP contribution in [0.1, 0.15) is 21.7 Å². The van der Waals surface area contributed by atoms with E-state index in [4.69, 9.17) is 13.9 Å². The molecule has 6 nitrogen and oxygen atoms in total. The third-order valence-electron chi connectivity index (χ3n) is 3.85. The topological polar surface area (TPSA) is 73.1 Å². The van der Waals surface area contributed by atoms with Gasteiger partial charge in [0.2, 0.25) is 0 Å². The third kappa shape index (κ3) is 3.19. The van der Waals surface area contributed by atoms with Gasteiger partial charge < -0.3 is 13.9 Å². The molecule has 25 heavy (non-hydrogen) atoms. The van der Waals surface area contributed by atoms with Crippen molar-refractivity contribution in [2.45, 2.75) is 6.92 Å². The average molecular weight is 338 g/mol. The van der Waals surface area contributed by atoms with Crippen LogP contribution < -0.4 is 14.9 Å². The Kier molecular flexibility index (Phi) is 4.70. The summed E-state index contributed by atoms with van der Waals surface area (Å²) in [5.41, 5.74) is 4.61. The van der Waals surface area contributed by atoms with Crippen molar-refractivity contribution in [3.63, 3.8) is 0 Å². The number of furan rings is 1. The van der Waals surface area contributed by atoms with Gasteiger partial charge in [0.25, 0.3) is 0 Å². The maximum atomic E-state index is 12.3. The number of aryl methyl sites for hydroxylation is 1. The summed E-state index contributed by atoms with van der Waals surface area (Å²) in [5.74, 6) is 0.969. The highest BCUT2D eigenvalue weighted by Crippen LogP contribution is 2.29. The number of carbonyl (C=O) groups excluding carboxylic acids is 1. The molecule has 1 aromatic heterocycles. The highest BCUT2D eigenvalue weighted by Gasteiger charge is 2.16. The number of rotatable bonds is 5. The quantitative estimate of drug-likeness (QED) is 0.571. The number of hydrazone groups is 1. The van der Waals surface area contributed by atoms with Gasteiger partial charge in [-0.15, -0.1) is 0 Å². The van der Waals surface area contributed by atoms with Gasteiger partial charge in [0.1, 0.15) is 5.58 Å². The Bertz CT molecular complexity index is 944. The van der Waals surface area contributed by atoms with E-state index in [1.165, 1.54) is 6.21 Å². The predicted molar refractivity (Wildman–Crippen MR) is 95.6 cm³/mol. The van der Waals surface area contributed by atoms with Crippen LogP contribution in [0, 0.1) is 6.92 Å². The van der Waals surface area contributed by atoms with Crippen LogP contribution in [-0.4, -0.2) is 26.3 Å². The zero-order chi connectivity index (χ0) is 17.8. The molecule has 2 aromatic carbocycles. The Morgan fingerprint density at radius 1 is 1.12 bits per heavy atom. The zero-order valence-corrected chi connectivity index (χ0v) is 14.2. The van der Waals surface area contributed by atoms with Crippen LogP contribution in [0.3, 0.4) is 0 Å². The van der Waals surface area contributed by atoms with Gasteiger partial charge in [-0.2, -0.15) is 5.10 Å². The van der Waals surface area contributed by atoms with Crippen molar-refractivity contribution >= 4 is 23.1 Å². The number of methoxy groups -OCH3 is 2. The van der Waals surface area contributed by atoms with E-state index in [1.54, 1.807) is 20.3 Å². The van der Waals surface area contributed by atoms with Crippen LogP contribution in [0.4, 0.5) is 0 Å². The minimum Gasteiger partial charge on any atom is -0.493 e. The molecule has 0 saturated heterocycles. The monoisotopic (exact) mass is 338 g/mol. The predicted octanol–water partition coefficient (Wildman–Crippen LogP) is 3.52. The number of fused-ring (bicyclic) bond motifs is 1. The highest BCUT2D eigenvalue weighted by molar-refractivity contribution is 5.99. The maximum absolute atomic E-state index is 12.3. The molecule has 1 amide bonds. The molecule has 0 aliphatic heterocycles. The Morgan fingerprint density at radius 3 is 2.64 bits per heavy atom. The number of benzene rings is 2. The fourth-order valence-corrected chi connectivity index (χ4v) is 2.62. The number of carbonyl (C=O) groups is 1. The number of hydrogen-bond donors (Lipinski definition) is 1. The van der Waals surface area contributed by atoms with Crippen molar-refractivity contribution < 1.29 is 18.7 Å². The van der Waals surface area contributed by atoms with Crippen LogP contribution in [0.15, 0.2) is 52.0 Å². The van der Waals surface area contributed by atoms with E-state index in [-0.39, 0.29) is 5.76 Å². The normalized spacial score (nSPS) is 11.0. The lowest BCUT2D eigenvalue weighted by atomic mass is 10.1. The lowest BCUT2D eigenvalue weighted by molar-refractivity contribution is 0.0929. The largest absolute Gasteiger partial charge is 0.493 e. The Labute approximate surface area is 145 Å². The first-order valence-corrected chi connectivity index (χ1v) is 7.68. The van der Waals surface area contributed by atoms with Crippen LogP contribution in [-0.2, 0) is 0 Å². The number of amides is 1. The van der Waals surface area contributed by atoms with Crippen molar-refractivity contribution in [1.29, 1.82) is 0 Å². The van der Waals surface area contributed by atoms with Gasteiger partial charge in [-0.05, 0) is 25.1 Å². The number of para-hydroxylation sites is 2. The van der Waals surface area contributed by atoms with Crippen LogP contribution in [0.25, 0.3) is 11.0 Å². The van der Waals surface area contributed by atoms with Gasteiger partial charge in [0.05, 0.1) is 20.4 Å². The molecule has 0 unspecified atom stereocenters. The smallest absolute Gasteiger partial charge is 0.307 e. The number of ether oxygens (including phenoxy) is 2. The van der Waals surface area contributed by atoms with Gasteiger partial charge in [-0.1, -0.05) is 24.3 Å². The number of hydrogen-bond acceptors (Lipinski definition) is 5. The Hall–Kier alpha value is -3.28. The summed E-state index contributed by atoms with van der Waals surface area (Å²) in [6.07, 6.45) is 1.50. The molecule has 0 aliphatic rings. The van der Waals surface area contributed by atoms with Gasteiger partial charge in [-0.3, -0.25) is 4.79 Å². The summed E-state index contributed by atoms with van der Waals surface area (Å²) in [7, 11) is 3.11. The SMILES string of the molecule is COc1cccc(/C=N\NC(=O)c2oc3ccccc3c2C)c1OC. The lowest BCUT2D eigenvalue weighted by Gasteiger charge is -2.09. The number of nitrogens with zero attached hydrogens (tertiary/aromatic N) is 1. The molecule has 0 atom stereocenters. The molecular formula is C19H18N2O4.